The molecule has 34 heavy (non-hydrogen) atoms. The summed E-state index contributed by atoms with van der Waals surface area (Å²) in [6.07, 6.45) is 1.47. The van der Waals surface area contributed by atoms with Crippen molar-refractivity contribution >= 4 is 23.4 Å². The fourth-order valence-corrected chi connectivity index (χ4v) is 3.93. The van der Waals surface area contributed by atoms with Crippen molar-refractivity contribution in [2.24, 2.45) is 4.99 Å². The summed E-state index contributed by atoms with van der Waals surface area (Å²) in [6.45, 7) is 7.11. The Morgan fingerprint density at radius 2 is 1.62 bits per heavy atom. The third-order valence-corrected chi connectivity index (χ3v) is 5.42. The van der Waals surface area contributed by atoms with Gasteiger partial charge < -0.3 is 15.0 Å². The molecule has 176 valence electrons. The highest BCUT2D eigenvalue weighted by atomic mass is 16.6. The third-order valence-electron chi connectivity index (χ3n) is 5.42. The van der Waals surface area contributed by atoms with E-state index in [0.717, 1.165) is 42.0 Å². The number of ether oxygens (including phenoxy) is 1. The number of anilines is 1. The van der Waals surface area contributed by atoms with Crippen molar-refractivity contribution in [2.75, 3.05) is 18.0 Å². The number of nitrogens with one attached hydrogen (secondary N) is 1. The molecule has 1 aliphatic rings. The summed E-state index contributed by atoms with van der Waals surface area (Å²) in [5.74, 6) is 1.32. The molecule has 2 aromatic carbocycles. The monoisotopic (exact) mass is 457 g/mol. The third kappa shape index (κ3) is 6.41. The molecule has 1 aliphatic heterocycles. The number of amides is 1. The molecular formula is C27H31N5O2. The summed E-state index contributed by atoms with van der Waals surface area (Å²) in [5.41, 5.74) is 2.37. The van der Waals surface area contributed by atoms with E-state index in [0.29, 0.717) is 12.4 Å². The number of rotatable bonds is 5. The highest BCUT2D eigenvalue weighted by Crippen LogP contribution is 2.21. The Kier molecular flexibility index (Phi) is 7.21. The highest BCUT2D eigenvalue weighted by Gasteiger charge is 2.25. The van der Waals surface area contributed by atoms with Crippen LogP contribution in [-0.4, -0.2) is 46.7 Å². The molecule has 0 bridgehead atoms. The average molecular weight is 458 g/mol. The molecule has 2 heterocycles. The molecule has 0 saturated carbocycles. The van der Waals surface area contributed by atoms with Gasteiger partial charge in [0.15, 0.2) is 11.6 Å². The lowest BCUT2D eigenvalue weighted by molar-refractivity contribution is 0.0500. The number of aliphatic imine (C=N–C) groups is 1. The standard InChI is InChI=1S/C27H31N5O2/c1-27(2,3)34-26(33)28-22-15-10-18-32(19-22)24-17-16-23(30-31-24)29-25(20-11-6-4-7-12-20)21-13-8-5-9-14-21/h4-9,11-14,16-17,22H,10,15,18-19H2,1-3H3,(H,28,33)/t22-/m1/s1. The lowest BCUT2D eigenvalue weighted by Crippen LogP contribution is -2.49. The minimum Gasteiger partial charge on any atom is -0.444 e. The molecule has 1 N–H and O–H groups in total. The number of carbonyl (C=O) groups excluding carboxylic acids is 1. The molecule has 7 nitrogen and oxygen atoms in total. The van der Waals surface area contributed by atoms with Crippen LogP contribution in [0.4, 0.5) is 16.4 Å². The number of benzene rings is 2. The van der Waals surface area contributed by atoms with E-state index in [1.807, 2.05) is 93.6 Å². The topological polar surface area (TPSA) is 79.7 Å². The zero-order valence-corrected chi connectivity index (χ0v) is 19.9. The minimum absolute atomic E-state index is 0.00543. The van der Waals surface area contributed by atoms with E-state index in [-0.39, 0.29) is 12.1 Å². The van der Waals surface area contributed by atoms with Crippen LogP contribution in [0, 0.1) is 0 Å². The van der Waals surface area contributed by atoms with Gasteiger partial charge in [0, 0.05) is 30.3 Å². The van der Waals surface area contributed by atoms with E-state index >= 15 is 0 Å². The molecular weight excluding hydrogens is 426 g/mol. The van der Waals surface area contributed by atoms with Crippen molar-refractivity contribution < 1.29 is 9.53 Å². The van der Waals surface area contributed by atoms with Crippen LogP contribution in [0.3, 0.4) is 0 Å². The van der Waals surface area contributed by atoms with Crippen LogP contribution in [0.25, 0.3) is 0 Å². The first kappa shape index (κ1) is 23.4. The highest BCUT2D eigenvalue weighted by molar-refractivity contribution is 6.13. The molecule has 1 amide bonds. The fourth-order valence-electron chi connectivity index (χ4n) is 3.93. The number of hydrogen-bond acceptors (Lipinski definition) is 6. The van der Waals surface area contributed by atoms with Gasteiger partial charge >= 0.3 is 6.09 Å². The first-order valence-electron chi connectivity index (χ1n) is 11.7. The molecule has 1 aromatic heterocycles. The van der Waals surface area contributed by atoms with Gasteiger partial charge in [-0.15, -0.1) is 10.2 Å². The van der Waals surface area contributed by atoms with Crippen LogP contribution in [0.2, 0.25) is 0 Å². The lowest BCUT2D eigenvalue weighted by Gasteiger charge is -2.34. The number of nitrogens with zero attached hydrogens (tertiary/aromatic N) is 4. The molecule has 3 aromatic rings. The predicted octanol–water partition coefficient (Wildman–Crippen LogP) is 5.14. The largest absolute Gasteiger partial charge is 0.444 e. The van der Waals surface area contributed by atoms with E-state index < -0.39 is 5.60 Å². The maximum atomic E-state index is 12.2. The van der Waals surface area contributed by atoms with Gasteiger partial charge in [-0.05, 0) is 45.7 Å². The normalized spacial score (nSPS) is 16.0. The van der Waals surface area contributed by atoms with E-state index in [1.54, 1.807) is 0 Å². The molecule has 4 rings (SSSR count). The van der Waals surface area contributed by atoms with Crippen molar-refractivity contribution in [3.05, 3.63) is 83.9 Å². The van der Waals surface area contributed by atoms with Crippen LogP contribution in [0.15, 0.2) is 77.8 Å². The zero-order valence-electron chi connectivity index (χ0n) is 19.9. The molecule has 0 radical (unpaired) electrons. The van der Waals surface area contributed by atoms with Crippen molar-refractivity contribution in [1.29, 1.82) is 0 Å². The van der Waals surface area contributed by atoms with Crippen molar-refractivity contribution in [2.45, 2.75) is 45.3 Å². The van der Waals surface area contributed by atoms with Gasteiger partial charge in [0.25, 0.3) is 0 Å². The Bertz CT molecular complexity index is 1070. The summed E-state index contributed by atoms with van der Waals surface area (Å²) < 4.78 is 5.40. The molecule has 0 aliphatic carbocycles. The van der Waals surface area contributed by atoms with Crippen LogP contribution < -0.4 is 10.2 Å². The summed E-state index contributed by atoms with van der Waals surface area (Å²) in [5, 5.41) is 11.8. The van der Waals surface area contributed by atoms with E-state index in [4.69, 9.17) is 9.73 Å². The second-order valence-electron chi connectivity index (χ2n) is 9.37. The van der Waals surface area contributed by atoms with E-state index in [9.17, 15) is 4.79 Å². The van der Waals surface area contributed by atoms with Gasteiger partial charge in [-0.25, -0.2) is 9.79 Å². The Hall–Kier alpha value is -3.74. The molecule has 0 spiro atoms. The molecule has 1 atom stereocenters. The Labute approximate surface area is 200 Å². The second kappa shape index (κ2) is 10.5. The van der Waals surface area contributed by atoms with E-state index in [1.165, 1.54) is 0 Å². The lowest BCUT2D eigenvalue weighted by atomic mass is 10.0. The van der Waals surface area contributed by atoms with Gasteiger partial charge in [0.05, 0.1) is 5.71 Å². The Balaban J connectivity index is 1.49. The summed E-state index contributed by atoms with van der Waals surface area (Å²) >= 11 is 0. The Morgan fingerprint density at radius 1 is 0.971 bits per heavy atom. The van der Waals surface area contributed by atoms with Crippen molar-refractivity contribution in [1.82, 2.24) is 15.5 Å². The molecule has 0 unspecified atom stereocenters. The summed E-state index contributed by atoms with van der Waals surface area (Å²) in [4.78, 5) is 19.1. The van der Waals surface area contributed by atoms with Gasteiger partial charge in [-0.2, -0.15) is 0 Å². The van der Waals surface area contributed by atoms with Gasteiger partial charge in [-0.3, -0.25) is 0 Å². The van der Waals surface area contributed by atoms with Crippen LogP contribution in [0.5, 0.6) is 0 Å². The zero-order chi connectivity index (χ0) is 24.0. The SMILES string of the molecule is CC(C)(C)OC(=O)N[C@@H]1CCCN(c2ccc(N=C(c3ccccc3)c3ccccc3)nn2)C1. The van der Waals surface area contributed by atoms with Crippen molar-refractivity contribution in [3.63, 3.8) is 0 Å². The predicted molar refractivity (Wildman–Crippen MR) is 135 cm³/mol. The second-order valence-corrected chi connectivity index (χ2v) is 9.37. The maximum absolute atomic E-state index is 12.2. The maximum Gasteiger partial charge on any atom is 0.407 e. The average Bonchev–Trinajstić information content (AvgIpc) is 2.83. The van der Waals surface area contributed by atoms with Crippen LogP contribution >= 0.6 is 0 Å². The van der Waals surface area contributed by atoms with Gasteiger partial charge in [0.2, 0.25) is 0 Å². The fraction of sp³-hybridized carbons (Fsp3) is 0.333. The molecule has 1 saturated heterocycles. The van der Waals surface area contributed by atoms with Gasteiger partial charge in [-0.1, -0.05) is 60.7 Å². The number of piperidine rings is 1. The summed E-state index contributed by atoms with van der Waals surface area (Å²) in [7, 11) is 0. The molecule has 1 fully saturated rings. The number of carbonyl (C=O) groups is 1. The number of aromatic nitrogens is 2. The number of alkyl carbamates (subject to hydrolysis) is 1. The van der Waals surface area contributed by atoms with Crippen LogP contribution in [-0.2, 0) is 4.74 Å². The van der Waals surface area contributed by atoms with Crippen LogP contribution in [0.1, 0.15) is 44.7 Å². The van der Waals surface area contributed by atoms with E-state index in [2.05, 4.69) is 20.4 Å². The number of hydrogen-bond donors (Lipinski definition) is 1. The van der Waals surface area contributed by atoms with Gasteiger partial charge in [0.1, 0.15) is 5.60 Å². The summed E-state index contributed by atoms with van der Waals surface area (Å²) in [6, 6.07) is 24.0. The smallest absolute Gasteiger partial charge is 0.407 e. The molecule has 7 heteroatoms. The first-order chi connectivity index (χ1) is 16.4. The minimum atomic E-state index is -0.515. The van der Waals surface area contributed by atoms with Crippen molar-refractivity contribution in [3.8, 4) is 0 Å². The first-order valence-corrected chi connectivity index (χ1v) is 11.7. The quantitative estimate of drug-likeness (QED) is 0.537. The Morgan fingerprint density at radius 3 is 2.18 bits per heavy atom.